The molecule has 2 aliphatic heterocycles. The number of fused-ring (bicyclic) bond motifs is 2. The van der Waals surface area contributed by atoms with E-state index in [-0.39, 0.29) is 17.4 Å². The summed E-state index contributed by atoms with van der Waals surface area (Å²) in [6.45, 7) is 4.01. The SMILES string of the molecule is CC1(C2CCOCC2)NC(c2nc(C3=CCC=C(F)C=C3)n[nH]2)CC2=C1Cc1ccccc12. The molecule has 0 radical (unpaired) electrons. The van der Waals surface area contributed by atoms with Gasteiger partial charge in [0, 0.05) is 24.3 Å². The van der Waals surface area contributed by atoms with E-state index >= 15 is 0 Å². The highest BCUT2D eigenvalue weighted by molar-refractivity contribution is 5.79. The number of rotatable bonds is 3. The van der Waals surface area contributed by atoms with E-state index in [1.54, 1.807) is 12.2 Å². The molecule has 4 aliphatic rings. The number of hydrogen-bond acceptors (Lipinski definition) is 4. The maximum Gasteiger partial charge on any atom is 0.180 e. The Kier molecular flexibility index (Phi) is 5.15. The molecule has 0 saturated carbocycles. The standard InChI is InChI=1S/C27H29FN4O/c1-27(19-11-13-33-14-12-19)23-15-18-5-2-3-8-21(18)22(23)16-24(30-27)26-29-25(31-32-26)17-6-4-7-20(28)10-9-17/h2-3,5-10,19,24,30H,4,11-16H2,1H3,(H,29,31,32). The molecule has 170 valence electrons. The predicted octanol–water partition coefficient (Wildman–Crippen LogP) is 5.23. The summed E-state index contributed by atoms with van der Waals surface area (Å²) in [5.41, 5.74) is 6.51. The van der Waals surface area contributed by atoms with Crippen LogP contribution in [0.25, 0.3) is 11.1 Å². The summed E-state index contributed by atoms with van der Waals surface area (Å²) in [5.74, 6) is 1.74. The van der Waals surface area contributed by atoms with Crippen molar-refractivity contribution in [1.29, 1.82) is 0 Å². The van der Waals surface area contributed by atoms with E-state index in [0.717, 1.165) is 50.3 Å². The first-order chi connectivity index (χ1) is 16.1. The minimum Gasteiger partial charge on any atom is -0.381 e. The number of aromatic nitrogens is 3. The molecule has 0 spiro atoms. The van der Waals surface area contributed by atoms with Crippen LogP contribution >= 0.6 is 0 Å². The maximum absolute atomic E-state index is 13.6. The van der Waals surface area contributed by atoms with Gasteiger partial charge in [0.1, 0.15) is 11.7 Å². The number of nitrogens with one attached hydrogen (secondary N) is 2. The van der Waals surface area contributed by atoms with Gasteiger partial charge in [-0.2, -0.15) is 5.10 Å². The Bertz CT molecular complexity index is 1200. The molecule has 2 atom stereocenters. The van der Waals surface area contributed by atoms with Gasteiger partial charge in [0.15, 0.2) is 5.82 Å². The minimum atomic E-state index is -0.224. The third-order valence-electron chi connectivity index (χ3n) is 7.78. The number of ether oxygens (including phenoxy) is 1. The fourth-order valence-electron chi connectivity index (χ4n) is 6.00. The van der Waals surface area contributed by atoms with E-state index in [9.17, 15) is 4.39 Å². The van der Waals surface area contributed by atoms with Gasteiger partial charge in [-0.25, -0.2) is 9.37 Å². The number of nitrogens with zero attached hydrogens (tertiary/aromatic N) is 2. The zero-order chi connectivity index (χ0) is 22.4. The maximum atomic E-state index is 13.6. The van der Waals surface area contributed by atoms with E-state index in [0.29, 0.717) is 18.2 Å². The molecule has 0 amide bonds. The van der Waals surface area contributed by atoms with Crippen LogP contribution in [-0.4, -0.2) is 33.9 Å². The Morgan fingerprint density at radius 1 is 1.12 bits per heavy atom. The van der Waals surface area contributed by atoms with Gasteiger partial charge in [0.05, 0.1) is 6.04 Å². The molecule has 1 saturated heterocycles. The number of halogens is 1. The van der Waals surface area contributed by atoms with Gasteiger partial charge < -0.3 is 4.74 Å². The average molecular weight is 445 g/mol. The van der Waals surface area contributed by atoms with Crippen molar-refractivity contribution in [3.05, 3.63) is 82.7 Å². The molecule has 1 aromatic carbocycles. The van der Waals surface area contributed by atoms with Crippen LogP contribution in [-0.2, 0) is 11.2 Å². The molecule has 2 aliphatic carbocycles. The number of benzene rings is 1. The van der Waals surface area contributed by atoms with E-state index in [2.05, 4.69) is 46.7 Å². The van der Waals surface area contributed by atoms with Crippen molar-refractivity contribution < 1.29 is 9.13 Å². The molecule has 6 rings (SSSR count). The van der Waals surface area contributed by atoms with Crippen LogP contribution in [0.4, 0.5) is 4.39 Å². The molecule has 33 heavy (non-hydrogen) atoms. The van der Waals surface area contributed by atoms with E-state index in [1.807, 2.05) is 6.08 Å². The quantitative estimate of drug-likeness (QED) is 0.680. The predicted molar refractivity (Wildman–Crippen MR) is 127 cm³/mol. The van der Waals surface area contributed by atoms with Gasteiger partial charge >= 0.3 is 0 Å². The fourth-order valence-corrected chi connectivity index (χ4v) is 6.00. The number of aromatic amines is 1. The second-order valence-electron chi connectivity index (χ2n) is 9.64. The van der Waals surface area contributed by atoms with Crippen molar-refractivity contribution in [1.82, 2.24) is 20.5 Å². The molecule has 2 aromatic rings. The van der Waals surface area contributed by atoms with E-state index in [1.165, 1.54) is 28.3 Å². The second kappa shape index (κ2) is 8.19. The van der Waals surface area contributed by atoms with Crippen LogP contribution in [0, 0.1) is 5.92 Å². The highest BCUT2D eigenvalue weighted by atomic mass is 19.1. The minimum absolute atomic E-state index is 0.0363. The monoisotopic (exact) mass is 444 g/mol. The first-order valence-corrected chi connectivity index (χ1v) is 11.9. The van der Waals surface area contributed by atoms with Gasteiger partial charge in [-0.3, -0.25) is 10.4 Å². The molecule has 0 bridgehead atoms. The summed E-state index contributed by atoms with van der Waals surface area (Å²) in [6, 6.07) is 8.84. The first kappa shape index (κ1) is 20.8. The van der Waals surface area contributed by atoms with Gasteiger partial charge in [0.25, 0.3) is 0 Å². The molecule has 1 aromatic heterocycles. The first-order valence-electron chi connectivity index (χ1n) is 11.9. The van der Waals surface area contributed by atoms with Crippen molar-refractivity contribution in [2.45, 2.75) is 50.6 Å². The van der Waals surface area contributed by atoms with Crippen molar-refractivity contribution in [3.63, 3.8) is 0 Å². The van der Waals surface area contributed by atoms with Gasteiger partial charge in [-0.1, -0.05) is 30.3 Å². The Balaban J connectivity index is 1.36. The molecule has 6 heteroatoms. The van der Waals surface area contributed by atoms with Crippen LogP contribution in [0.1, 0.15) is 61.4 Å². The zero-order valence-electron chi connectivity index (χ0n) is 18.9. The van der Waals surface area contributed by atoms with Gasteiger partial charge in [-0.05, 0) is 85.4 Å². The largest absolute Gasteiger partial charge is 0.381 e. The van der Waals surface area contributed by atoms with Crippen LogP contribution < -0.4 is 5.32 Å². The van der Waals surface area contributed by atoms with Crippen molar-refractivity contribution >= 4 is 11.1 Å². The third-order valence-corrected chi connectivity index (χ3v) is 7.78. The van der Waals surface area contributed by atoms with Gasteiger partial charge in [0.2, 0.25) is 0 Å². The highest BCUT2D eigenvalue weighted by Gasteiger charge is 2.47. The molecule has 2 N–H and O–H groups in total. The lowest BCUT2D eigenvalue weighted by atomic mass is 9.70. The van der Waals surface area contributed by atoms with E-state index in [4.69, 9.17) is 9.72 Å². The third kappa shape index (κ3) is 3.62. The summed E-state index contributed by atoms with van der Waals surface area (Å²) in [7, 11) is 0. The Morgan fingerprint density at radius 2 is 1.97 bits per heavy atom. The van der Waals surface area contributed by atoms with Crippen molar-refractivity contribution in [2.75, 3.05) is 13.2 Å². The molecule has 3 heterocycles. The molecule has 2 unspecified atom stereocenters. The summed E-state index contributed by atoms with van der Waals surface area (Å²) >= 11 is 0. The van der Waals surface area contributed by atoms with Crippen LogP contribution in [0.2, 0.25) is 0 Å². The van der Waals surface area contributed by atoms with E-state index < -0.39 is 0 Å². The summed E-state index contributed by atoms with van der Waals surface area (Å²) in [5, 5.41) is 11.7. The highest BCUT2D eigenvalue weighted by Crippen LogP contribution is 2.50. The summed E-state index contributed by atoms with van der Waals surface area (Å²) in [6.07, 6.45) is 11.3. The van der Waals surface area contributed by atoms with Gasteiger partial charge in [-0.15, -0.1) is 0 Å². The number of allylic oxidation sites excluding steroid dienone is 6. The lowest BCUT2D eigenvalue weighted by molar-refractivity contribution is 0.0364. The smallest absolute Gasteiger partial charge is 0.180 e. The lowest BCUT2D eigenvalue weighted by Crippen LogP contribution is -2.55. The second-order valence-corrected chi connectivity index (χ2v) is 9.64. The normalized spacial score (nSPS) is 27.6. The van der Waals surface area contributed by atoms with Crippen LogP contribution in [0.15, 0.2) is 60.0 Å². The molecule has 5 nitrogen and oxygen atoms in total. The lowest BCUT2D eigenvalue weighted by Gasteiger charge is -2.47. The number of hydrogen-bond donors (Lipinski definition) is 2. The van der Waals surface area contributed by atoms with Crippen molar-refractivity contribution in [2.24, 2.45) is 5.92 Å². The molecule has 1 fully saturated rings. The Morgan fingerprint density at radius 3 is 2.85 bits per heavy atom. The average Bonchev–Trinajstić information content (AvgIpc) is 3.42. The number of H-pyrrole nitrogens is 1. The molecular formula is C27H29FN4O. The Hall–Kier alpha value is -2.83. The van der Waals surface area contributed by atoms with Crippen molar-refractivity contribution in [3.8, 4) is 0 Å². The summed E-state index contributed by atoms with van der Waals surface area (Å²) in [4.78, 5) is 4.86. The summed E-state index contributed by atoms with van der Waals surface area (Å²) < 4.78 is 19.3. The van der Waals surface area contributed by atoms with Crippen LogP contribution in [0.3, 0.4) is 0 Å². The molecular weight excluding hydrogens is 415 g/mol. The Labute approximate surface area is 193 Å². The van der Waals surface area contributed by atoms with Crippen LogP contribution in [0.5, 0.6) is 0 Å². The fraction of sp³-hybridized carbons (Fsp3) is 0.407. The topological polar surface area (TPSA) is 62.8 Å². The zero-order valence-corrected chi connectivity index (χ0v) is 18.9.